The molecule has 2 N–H and O–H groups in total. The summed E-state index contributed by atoms with van der Waals surface area (Å²) in [7, 11) is 0. The third-order valence-electron chi connectivity index (χ3n) is 4.70. The van der Waals surface area contributed by atoms with E-state index in [9.17, 15) is 9.59 Å². The summed E-state index contributed by atoms with van der Waals surface area (Å²) in [4.78, 5) is 24.8. The second-order valence-corrected chi connectivity index (χ2v) is 8.82. The third-order valence-corrected chi connectivity index (χ3v) is 5.19. The highest BCUT2D eigenvalue weighted by molar-refractivity contribution is 9.10. The van der Waals surface area contributed by atoms with Crippen molar-refractivity contribution in [2.45, 2.75) is 26.7 Å². The van der Waals surface area contributed by atoms with Gasteiger partial charge in [0.15, 0.2) is 0 Å². The molecule has 5 nitrogen and oxygen atoms in total. The Bertz CT molecular complexity index is 1050. The van der Waals surface area contributed by atoms with E-state index in [2.05, 4.69) is 26.6 Å². The summed E-state index contributed by atoms with van der Waals surface area (Å²) in [5.74, 6) is 0.530. The Kier molecular flexibility index (Phi) is 8.45. The average Bonchev–Trinajstić information content (AvgIpc) is 2.76. The molecule has 6 heteroatoms. The van der Waals surface area contributed by atoms with E-state index in [0.29, 0.717) is 41.6 Å². The van der Waals surface area contributed by atoms with Gasteiger partial charge in [0.05, 0.1) is 12.2 Å². The number of rotatable bonds is 9. The number of halogens is 1. The van der Waals surface area contributed by atoms with Crippen molar-refractivity contribution in [3.05, 3.63) is 88.4 Å². The van der Waals surface area contributed by atoms with Gasteiger partial charge in [-0.3, -0.25) is 9.59 Å². The van der Waals surface area contributed by atoms with Crippen molar-refractivity contribution in [1.29, 1.82) is 0 Å². The SMILES string of the molecule is CC(C)CC(=O)Nc1ccc(NC(=O)c2cc(Br)ccc2OCCc2ccccc2)cc1. The summed E-state index contributed by atoms with van der Waals surface area (Å²) in [6.45, 7) is 4.47. The van der Waals surface area contributed by atoms with E-state index in [1.165, 1.54) is 5.56 Å². The number of anilines is 2. The van der Waals surface area contributed by atoms with Crippen LogP contribution in [-0.2, 0) is 11.2 Å². The van der Waals surface area contributed by atoms with Crippen molar-refractivity contribution in [2.24, 2.45) is 5.92 Å². The maximum absolute atomic E-state index is 12.9. The van der Waals surface area contributed by atoms with Gasteiger partial charge in [-0.05, 0) is 53.9 Å². The van der Waals surface area contributed by atoms with Gasteiger partial charge in [0.1, 0.15) is 5.75 Å². The maximum atomic E-state index is 12.9. The van der Waals surface area contributed by atoms with Gasteiger partial charge in [0, 0.05) is 28.7 Å². The number of carbonyl (C=O) groups is 2. The van der Waals surface area contributed by atoms with Gasteiger partial charge in [-0.2, -0.15) is 0 Å². The summed E-state index contributed by atoms with van der Waals surface area (Å²) < 4.78 is 6.71. The predicted octanol–water partition coefficient (Wildman–Crippen LogP) is 6.31. The lowest BCUT2D eigenvalue weighted by Gasteiger charge is -2.13. The largest absolute Gasteiger partial charge is 0.492 e. The molecule has 0 aliphatic carbocycles. The van der Waals surface area contributed by atoms with Crippen molar-refractivity contribution < 1.29 is 14.3 Å². The van der Waals surface area contributed by atoms with Gasteiger partial charge in [-0.25, -0.2) is 0 Å². The molecule has 0 unspecified atom stereocenters. The molecule has 0 heterocycles. The molecule has 3 aromatic rings. The molecule has 0 radical (unpaired) electrons. The number of nitrogens with one attached hydrogen (secondary N) is 2. The summed E-state index contributed by atoms with van der Waals surface area (Å²) in [6.07, 6.45) is 1.22. The Labute approximate surface area is 197 Å². The number of hydrogen-bond donors (Lipinski definition) is 2. The van der Waals surface area contributed by atoms with Crippen LogP contribution in [0.3, 0.4) is 0 Å². The monoisotopic (exact) mass is 494 g/mol. The zero-order chi connectivity index (χ0) is 22.9. The van der Waals surface area contributed by atoms with Crippen LogP contribution < -0.4 is 15.4 Å². The van der Waals surface area contributed by atoms with Crippen LogP contribution in [0.5, 0.6) is 5.75 Å². The van der Waals surface area contributed by atoms with Crippen LogP contribution in [0.15, 0.2) is 77.3 Å². The molecule has 0 aromatic heterocycles. The highest BCUT2D eigenvalue weighted by Crippen LogP contribution is 2.25. The fourth-order valence-electron chi connectivity index (χ4n) is 3.15. The fourth-order valence-corrected chi connectivity index (χ4v) is 3.51. The molecule has 0 saturated carbocycles. The molecule has 3 aromatic carbocycles. The van der Waals surface area contributed by atoms with Crippen LogP contribution in [0.25, 0.3) is 0 Å². The lowest BCUT2D eigenvalue weighted by atomic mass is 10.1. The summed E-state index contributed by atoms with van der Waals surface area (Å²) in [5.41, 5.74) is 2.95. The smallest absolute Gasteiger partial charge is 0.259 e. The van der Waals surface area contributed by atoms with Crippen molar-refractivity contribution in [2.75, 3.05) is 17.2 Å². The zero-order valence-corrected chi connectivity index (χ0v) is 19.8. The zero-order valence-electron chi connectivity index (χ0n) is 18.2. The van der Waals surface area contributed by atoms with Gasteiger partial charge in [0.2, 0.25) is 5.91 Å². The van der Waals surface area contributed by atoms with Crippen LogP contribution in [-0.4, -0.2) is 18.4 Å². The molecule has 0 aliphatic heterocycles. The average molecular weight is 495 g/mol. The minimum atomic E-state index is -0.266. The summed E-state index contributed by atoms with van der Waals surface area (Å²) in [6, 6.07) is 22.5. The predicted molar refractivity (Wildman–Crippen MR) is 132 cm³/mol. The quantitative estimate of drug-likeness (QED) is 0.366. The molecule has 0 atom stereocenters. The topological polar surface area (TPSA) is 67.4 Å². The maximum Gasteiger partial charge on any atom is 0.259 e. The lowest BCUT2D eigenvalue weighted by molar-refractivity contribution is -0.116. The molecule has 0 fully saturated rings. The van der Waals surface area contributed by atoms with Crippen LogP contribution in [0.2, 0.25) is 0 Å². The molecule has 0 spiro atoms. The number of benzene rings is 3. The molecule has 0 aliphatic rings. The van der Waals surface area contributed by atoms with E-state index in [1.807, 2.05) is 50.2 Å². The first-order chi connectivity index (χ1) is 15.4. The Hall–Kier alpha value is -3.12. The molecular weight excluding hydrogens is 468 g/mol. The second-order valence-electron chi connectivity index (χ2n) is 7.90. The van der Waals surface area contributed by atoms with Crippen molar-refractivity contribution >= 4 is 39.1 Å². The van der Waals surface area contributed by atoms with Crippen molar-refractivity contribution in [3.8, 4) is 5.75 Å². The first-order valence-electron chi connectivity index (χ1n) is 10.6. The molecule has 0 bridgehead atoms. The van der Waals surface area contributed by atoms with Crippen molar-refractivity contribution in [3.63, 3.8) is 0 Å². The molecular formula is C26H27BrN2O3. The van der Waals surface area contributed by atoms with E-state index < -0.39 is 0 Å². The van der Waals surface area contributed by atoms with E-state index in [0.717, 1.165) is 10.9 Å². The van der Waals surface area contributed by atoms with Gasteiger partial charge in [-0.15, -0.1) is 0 Å². The number of ether oxygens (including phenoxy) is 1. The van der Waals surface area contributed by atoms with Gasteiger partial charge in [0.25, 0.3) is 5.91 Å². The number of hydrogen-bond acceptors (Lipinski definition) is 3. The van der Waals surface area contributed by atoms with Crippen LogP contribution in [0, 0.1) is 5.92 Å². The summed E-state index contributed by atoms with van der Waals surface area (Å²) >= 11 is 3.43. The molecule has 3 rings (SSSR count). The summed E-state index contributed by atoms with van der Waals surface area (Å²) in [5, 5.41) is 5.76. The second kappa shape index (κ2) is 11.5. The lowest BCUT2D eigenvalue weighted by Crippen LogP contribution is -2.15. The highest BCUT2D eigenvalue weighted by atomic mass is 79.9. The minimum absolute atomic E-state index is 0.0248. The van der Waals surface area contributed by atoms with Gasteiger partial charge >= 0.3 is 0 Å². The van der Waals surface area contributed by atoms with E-state index >= 15 is 0 Å². The Balaban J connectivity index is 1.62. The first-order valence-corrected chi connectivity index (χ1v) is 11.4. The van der Waals surface area contributed by atoms with Crippen molar-refractivity contribution in [1.82, 2.24) is 0 Å². The first kappa shape index (κ1) is 23.5. The van der Waals surface area contributed by atoms with Crippen LogP contribution in [0.1, 0.15) is 36.2 Å². The standard InChI is InChI=1S/C26H27BrN2O3/c1-18(2)16-25(30)28-21-9-11-22(12-10-21)29-26(31)23-17-20(27)8-13-24(23)32-15-14-19-6-4-3-5-7-19/h3-13,17-18H,14-16H2,1-2H3,(H,28,30)(H,29,31). The molecule has 0 saturated heterocycles. The Morgan fingerprint density at radius 3 is 2.22 bits per heavy atom. The van der Waals surface area contributed by atoms with Crippen LogP contribution in [0.4, 0.5) is 11.4 Å². The Morgan fingerprint density at radius 1 is 0.906 bits per heavy atom. The number of carbonyl (C=O) groups excluding carboxylic acids is 2. The highest BCUT2D eigenvalue weighted by Gasteiger charge is 2.14. The fraction of sp³-hybridized carbons (Fsp3) is 0.231. The van der Waals surface area contributed by atoms with Crippen LogP contribution >= 0.6 is 15.9 Å². The third kappa shape index (κ3) is 7.24. The normalized spacial score (nSPS) is 10.6. The van der Waals surface area contributed by atoms with E-state index in [4.69, 9.17) is 4.74 Å². The number of amides is 2. The van der Waals surface area contributed by atoms with Gasteiger partial charge in [-0.1, -0.05) is 60.1 Å². The molecule has 32 heavy (non-hydrogen) atoms. The van der Waals surface area contributed by atoms with Gasteiger partial charge < -0.3 is 15.4 Å². The minimum Gasteiger partial charge on any atom is -0.492 e. The molecule has 2 amide bonds. The van der Waals surface area contributed by atoms with E-state index in [1.54, 1.807) is 36.4 Å². The Morgan fingerprint density at radius 2 is 1.56 bits per heavy atom. The van der Waals surface area contributed by atoms with E-state index in [-0.39, 0.29) is 11.8 Å². The molecule has 166 valence electrons.